The zero-order chi connectivity index (χ0) is 15.6. The van der Waals surface area contributed by atoms with E-state index in [0.29, 0.717) is 33.4 Å². The molecule has 1 N–H and O–H groups in total. The number of hydrogen-bond donors (Lipinski definition) is 1. The molecule has 0 fully saturated rings. The molecule has 1 heterocycles. The van der Waals surface area contributed by atoms with Gasteiger partial charge in [-0.15, -0.1) is 0 Å². The number of anilines is 1. The Hall–Kier alpha value is -2.27. The normalized spacial score (nSPS) is 10.3. The average molecular weight is 308 g/mol. The quantitative estimate of drug-likeness (QED) is 0.880. The van der Waals surface area contributed by atoms with Gasteiger partial charge in [0.1, 0.15) is 11.5 Å². The Kier molecular flexibility index (Phi) is 4.33. The van der Waals surface area contributed by atoms with Gasteiger partial charge in [-0.05, 0) is 38.1 Å². The Balaban J connectivity index is 2.28. The first-order chi connectivity index (χ1) is 9.92. The maximum atomic E-state index is 12.2. The number of ether oxygens (including phenoxy) is 1. The monoisotopic (exact) mass is 307 g/mol. The number of carbonyl (C=O) groups excluding carboxylic acids is 2. The third-order valence-corrected chi connectivity index (χ3v) is 3.25. The third kappa shape index (κ3) is 3.25. The van der Waals surface area contributed by atoms with Crippen molar-refractivity contribution in [2.24, 2.45) is 0 Å². The van der Waals surface area contributed by atoms with E-state index < -0.39 is 5.97 Å². The minimum atomic E-state index is -0.502. The van der Waals surface area contributed by atoms with Crippen LogP contribution in [0.2, 0.25) is 5.02 Å². The Morgan fingerprint density at radius 1 is 1.24 bits per heavy atom. The molecule has 0 aliphatic carbocycles. The molecule has 110 valence electrons. The molecule has 0 aliphatic rings. The van der Waals surface area contributed by atoms with Crippen LogP contribution in [0.25, 0.3) is 0 Å². The number of benzene rings is 1. The Labute approximate surface area is 126 Å². The maximum Gasteiger partial charge on any atom is 0.337 e. The summed E-state index contributed by atoms with van der Waals surface area (Å²) in [5, 5.41) is 2.99. The van der Waals surface area contributed by atoms with Gasteiger partial charge in [0.05, 0.1) is 28.9 Å². The molecule has 1 aromatic carbocycles. The lowest BCUT2D eigenvalue weighted by atomic mass is 10.2. The predicted molar refractivity (Wildman–Crippen MR) is 78.9 cm³/mol. The van der Waals surface area contributed by atoms with Gasteiger partial charge in [0.15, 0.2) is 0 Å². The van der Waals surface area contributed by atoms with Gasteiger partial charge in [-0.1, -0.05) is 11.6 Å². The molecule has 0 saturated heterocycles. The van der Waals surface area contributed by atoms with E-state index in [2.05, 4.69) is 10.1 Å². The zero-order valence-corrected chi connectivity index (χ0v) is 12.6. The molecule has 0 saturated carbocycles. The van der Waals surface area contributed by atoms with Crippen molar-refractivity contribution in [1.29, 1.82) is 0 Å². The second-order valence-corrected chi connectivity index (χ2v) is 4.87. The van der Waals surface area contributed by atoms with Gasteiger partial charge in [0, 0.05) is 0 Å². The molecule has 2 aromatic rings. The van der Waals surface area contributed by atoms with E-state index in [-0.39, 0.29) is 5.91 Å². The molecule has 2 rings (SSSR count). The number of amides is 1. The van der Waals surface area contributed by atoms with E-state index in [0.717, 1.165) is 0 Å². The molecule has 0 bridgehead atoms. The van der Waals surface area contributed by atoms with Crippen LogP contribution in [0.3, 0.4) is 0 Å². The summed E-state index contributed by atoms with van der Waals surface area (Å²) < 4.78 is 9.95. The molecule has 0 atom stereocenters. The van der Waals surface area contributed by atoms with Crippen molar-refractivity contribution in [3.63, 3.8) is 0 Å². The standard InChI is InChI=1S/C15H14ClNO4/c1-8-6-11(9(2)21-8)14(18)17-13-7-10(15(19)20-3)4-5-12(13)16/h4-7H,1-3H3,(H,17,18). The van der Waals surface area contributed by atoms with Crippen LogP contribution >= 0.6 is 11.6 Å². The van der Waals surface area contributed by atoms with Crippen LogP contribution in [0.15, 0.2) is 28.7 Å². The fourth-order valence-corrected chi connectivity index (χ4v) is 2.08. The van der Waals surface area contributed by atoms with Crippen LogP contribution in [0.5, 0.6) is 0 Å². The summed E-state index contributed by atoms with van der Waals surface area (Å²) >= 11 is 6.03. The van der Waals surface area contributed by atoms with Crippen LogP contribution in [0.1, 0.15) is 32.2 Å². The zero-order valence-electron chi connectivity index (χ0n) is 11.8. The number of hydrogen-bond acceptors (Lipinski definition) is 4. The molecule has 0 unspecified atom stereocenters. The number of halogens is 1. The summed E-state index contributed by atoms with van der Waals surface area (Å²) in [6, 6.07) is 6.16. The van der Waals surface area contributed by atoms with E-state index in [1.165, 1.54) is 25.3 Å². The highest BCUT2D eigenvalue weighted by Gasteiger charge is 2.16. The van der Waals surface area contributed by atoms with Gasteiger partial charge in [0.2, 0.25) is 0 Å². The van der Waals surface area contributed by atoms with Crippen molar-refractivity contribution in [1.82, 2.24) is 0 Å². The number of esters is 1. The molecule has 5 nitrogen and oxygen atoms in total. The van der Waals surface area contributed by atoms with Gasteiger partial charge < -0.3 is 14.5 Å². The molecular weight excluding hydrogens is 294 g/mol. The van der Waals surface area contributed by atoms with Crippen molar-refractivity contribution in [2.75, 3.05) is 12.4 Å². The highest BCUT2D eigenvalue weighted by atomic mass is 35.5. The van der Waals surface area contributed by atoms with E-state index >= 15 is 0 Å². The number of rotatable bonds is 3. The molecule has 21 heavy (non-hydrogen) atoms. The smallest absolute Gasteiger partial charge is 0.337 e. The van der Waals surface area contributed by atoms with Gasteiger partial charge in [0.25, 0.3) is 5.91 Å². The lowest BCUT2D eigenvalue weighted by Crippen LogP contribution is -2.13. The van der Waals surface area contributed by atoms with Crippen LogP contribution in [0, 0.1) is 13.8 Å². The summed E-state index contributed by atoms with van der Waals surface area (Å²) in [6.45, 7) is 3.46. The van der Waals surface area contributed by atoms with Crippen molar-refractivity contribution < 1.29 is 18.7 Å². The largest absolute Gasteiger partial charge is 0.466 e. The highest BCUT2D eigenvalue weighted by molar-refractivity contribution is 6.34. The lowest BCUT2D eigenvalue weighted by Gasteiger charge is -2.08. The molecule has 6 heteroatoms. The first kappa shape index (κ1) is 15.1. The molecule has 1 aromatic heterocycles. The minimum absolute atomic E-state index is 0.303. The molecular formula is C15H14ClNO4. The van der Waals surface area contributed by atoms with E-state index in [9.17, 15) is 9.59 Å². The summed E-state index contributed by atoms with van der Waals surface area (Å²) in [7, 11) is 1.28. The summed E-state index contributed by atoms with van der Waals surface area (Å²) in [5.41, 5.74) is 1.06. The predicted octanol–water partition coefficient (Wildman–Crippen LogP) is 3.59. The number of carbonyl (C=O) groups is 2. The summed E-state index contributed by atoms with van der Waals surface area (Å²) in [5.74, 6) is 0.308. The average Bonchev–Trinajstić information content (AvgIpc) is 2.79. The Morgan fingerprint density at radius 2 is 1.95 bits per heavy atom. The number of nitrogens with one attached hydrogen (secondary N) is 1. The topological polar surface area (TPSA) is 68.5 Å². The van der Waals surface area contributed by atoms with Crippen LogP contribution in [-0.2, 0) is 4.74 Å². The first-order valence-corrected chi connectivity index (χ1v) is 6.56. The van der Waals surface area contributed by atoms with E-state index in [4.69, 9.17) is 16.0 Å². The number of aryl methyl sites for hydroxylation is 2. The van der Waals surface area contributed by atoms with E-state index in [1.54, 1.807) is 19.9 Å². The van der Waals surface area contributed by atoms with Crippen LogP contribution < -0.4 is 5.32 Å². The minimum Gasteiger partial charge on any atom is -0.466 e. The highest BCUT2D eigenvalue weighted by Crippen LogP contribution is 2.25. The van der Waals surface area contributed by atoms with E-state index in [1.807, 2.05) is 0 Å². The summed E-state index contributed by atoms with van der Waals surface area (Å²) in [6.07, 6.45) is 0. The van der Waals surface area contributed by atoms with Crippen molar-refractivity contribution in [2.45, 2.75) is 13.8 Å². The Morgan fingerprint density at radius 3 is 2.52 bits per heavy atom. The molecule has 0 aliphatic heterocycles. The maximum absolute atomic E-state index is 12.2. The van der Waals surface area contributed by atoms with Crippen molar-refractivity contribution >= 4 is 29.2 Å². The number of methoxy groups -OCH3 is 1. The molecule has 0 spiro atoms. The van der Waals surface area contributed by atoms with Crippen molar-refractivity contribution in [3.8, 4) is 0 Å². The fourth-order valence-electron chi connectivity index (χ4n) is 1.91. The summed E-state index contributed by atoms with van der Waals surface area (Å²) in [4.78, 5) is 23.7. The second kappa shape index (κ2) is 6.01. The SMILES string of the molecule is COC(=O)c1ccc(Cl)c(NC(=O)c2cc(C)oc2C)c1. The molecule has 1 amide bonds. The lowest BCUT2D eigenvalue weighted by molar-refractivity contribution is 0.0600. The van der Waals surface area contributed by atoms with Crippen molar-refractivity contribution in [3.05, 3.63) is 51.9 Å². The second-order valence-electron chi connectivity index (χ2n) is 4.47. The van der Waals surface area contributed by atoms with Crippen LogP contribution in [-0.4, -0.2) is 19.0 Å². The molecule has 0 radical (unpaired) electrons. The Bertz CT molecular complexity index is 706. The van der Waals surface area contributed by atoms with Gasteiger partial charge in [-0.25, -0.2) is 4.79 Å². The van der Waals surface area contributed by atoms with Crippen LogP contribution in [0.4, 0.5) is 5.69 Å². The fraction of sp³-hybridized carbons (Fsp3) is 0.200. The number of furan rings is 1. The third-order valence-electron chi connectivity index (χ3n) is 2.92. The van der Waals surface area contributed by atoms with Gasteiger partial charge in [-0.2, -0.15) is 0 Å². The van der Waals surface area contributed by atoms with Gasteiger partial charge in [-0.3, -0.25) is 4.79 Å². The van der Waals surface area contributed by atoms with Gasteiger partial charge >= 0.3 is 5.97 Å². The first-order valence-electron chi connectivity index (χ1n) is 6.18.